The minimum Gasteiger partial charge on any atom is -0.493 e. The Labute approximate surface area is 121 Å². The Kier molecular flexibility index (Phi) is 4.42. The van der Waals surface area contributed by atoms with E-state index in [9.17, 15) is 9.59 Å². The van der Waals surface area contributed by atoms with Gasteiger partial charge in [-0.1, -0.05) is 0 Å². The highest BCUT2D eigenvalue weighted by Gasteiger charge is 2.09. The van der Waals surface area contributed by atoms with Gasteiger partial charge in [-0.3, -0.25) is 0 Å². The van der Waals surface area contributed by atoms with Gasteiger partial charge in [0.2, 0.25) is 0 Å². The summed E-state index contributed by atoms with van der Waals surface area (Å²) in [4.78, 5) is 23.2. The zero-order valence-corrected chi connectivity index (χ0v) is 12.1. The lowest BCUT2D eigenvalue weighted by molar-refractivity contribution is -0.137. The third kappa shape index (κ3) is 3.31. The third-order valence-electron chi connectivity index (χ3n) is 2.87. The molecule has 0 aliphatic carbocycles. The predicted molar refractivity (Wildman–Crippen MR) is 79.4 cm³/mol. The predicted octanol–water partition coefficient (Wildman–Crippen LogP) is 2.69. The van der Waals surface area contributed by atoms with Crippen molar-refractivity contribution in [2.24, 2.45) is 0 Å². The van der Waals surface area contributed by atoms with Crippen LogP contribution in [0.5, 0.6) is 5.75 Å². The lowest BCUT2D eigenvalue weighted by Gasteiger charge is -2.06. The molecule has 0 saturated heterocycles. The van der Waals surface area contributed by atoms with Crippen LogP contribution in [0.15, 0.2) is 33.5 Å². The van der Waals surface area contributed by atoms with E-state index in [0.717, 1.165) is 10.9 Å². The lowest BCUT2D eigenvalue weighted by Crippen LogP contribution is -2.05. The zero-order valence-electron chi connectivity index (χ0n) is 12.1. The third-order valence-corrected chi connectivity index (χ3v) is 2.87. The summed E-state index contributed by atoms with van der Waals surface area (Å²) in [6.45, 7) is 3.91. The van der Waals surface area contributed by atoms with Crippen LogP contribution >= 0.6 is 0 Å². The number of carbonyl (C=O) groups excluding carboxylic acids is 1. The molecule has 1 heterocycles. The van der Waals surface area contributed by atoms with Gasteiger partial charge in [0, 0.05) is 11.5 Å². The van der Waals surface area contributed by atoms with Crippen LogP contribution in [-0.2, 0) is 9.53 Å². The van der Waals surface area contributed by atoms with Gasteiger partial charge in [-0.05, 0) is 43.7 Å². The summed E-state index contributed by atoms with van der Waals surface area (Å²) < 4.78 is 15.3. The van der Waals surface area contributed by atoms with Gasteiger partial charge < -0.3 is 13.9 Å². The van der Waals surface area contributed by atoms with Crippen molar-refractivity contribution in [3.63, 3.8) is 0 Å². The first-order chi connectivity index (χ1) is 10.0. The highest BCUT2D eigenvalue weighted by Crippen LogP contribution is 2.26. The van der Waals surface area contributed by atoms with Crippen molar-refractivity contribution < 1.29 is 18.7 Å². The fraction of sp³-hybridized carbons (Fsp3) is 0.250. The molecule has 1 aromatic carbocycles. The number of rotatable bonds is 4. The van der Waals surface area contributed by atoms with E-state index in [0.29, 0.717) is 11.3 Å². The second-order valence-electron chi connectivity index (χ2n) is 4.46. The number of hydrogen-bond acceptors (Lipinski definition) is 5. The van der Waals surface area contributed by atoms with Gasteiger partial charge in [-0.15, -0.1) is 0 Å². The quantitative estimate of drug-likeness (QED) is 0.491. The van der Waals surface area contributed by atoms with Crippen LogP contribution < -0.4 is 10.4 Å². The Morgan fingerprint density at radius 3 is 2.76 bits per heavy atom. The summed E-state index contributed by atoms with van der Waals surface area (Å²) in [7, 11) is 1.52. The molecular formula is C16H16O5. The van der Waals surface area contributed by atoms with Crippen LogP contribution in [0.4, 0.5) is 0 Å². The van der Waals surface area contributed by atoms with E-state index in [-0.39, 0.29) is 12.2 Å². The number of carbonyl (C=O) groups is 1. The molecule has 2 rings (SSSR count). The molecule has 5 heteroatoms. The molecule has 0 fully saturated rings. The largest absolute Gasteiger partial charge is 0.493 e. The summed E-state index contributed by atoms with van der Waals surface area (Å²) in [5.74, 6) is 0.00171. The number of hydrogen-bond donors (Lipinski definition) is 0. The van der Waals surface area contributed by atoms with Crippen molar-refractivity contribution in [1.29, 1.82) is 0 Å². The van der Waals surface area contributed by atoms with Gasteiger partial charge in [0.1, 0.15) is 0 Å². The smallest absolute Gasteiger partial charge is 0.343 e. The molecule has 0 aliphatic heterocycles. The second kappa shape index (κ2) is 6.26. The Balaban J connectivity index is 2.50. The Morgan fingerprint density at radius 2 is 2.10 bits per heavy atom. The van der Waals surface area contributed by atoms with Crippen LogP contribution in [0.25, 0.3) is 17.0 Å². The van der Waals surface area contributed by atoms with Gasteiger partial charge in [0.15, 0.2) is 11.3 Å². The maximum Gasteiger partial charge on any atom is 0.343 e. The van der Waals surface area contributed by atoms with Crippen LogP contribution in [0, 0.1) is 6.92 Å². The number of fused-ring (bicyclic) bond motifs is 1. The van der Waals surface area contributed by atoms with Gasteiger partial charge >= 0.3 is 11.6 Å². The fourth-order valence-electron chi connectivity index (χ4n) is 1.98. The van der Waals surface area contributed by atoms with Crippen molar-refractivity contribution in [3.8, 4) is 5.75 Å². The van der Waals surface area contributed by atoms with E-state index in [1.165, 1.54) is 19.3 Å². The molecule has 0 unspecified atom stereocenters. The van der Waals surface area contributed by atoms with E-state index in [1.54, 1.807) is 19.1 Å². The molecule has 0 atom stereocenters. The number of esters is 1. The lowest BCUT2D eigenvalue weighted by atomic mass is 10.1. The van der Waals surface area contributed by atoms with Crippen LogP contribution in [0.2, 0.25) is 0 Å². The highest BCUT2D eigenvalue weighted by atomic mass is 16.5. The average Bonchev–Trinajstić information content (AvgIpc) is 2.45. The molecule has 0 aliphatic rings. The molecule has 0 N–H and O–H groups in total. The first kappa shape index (κ1) is 14.8. The SMILES string of the molecule is CCOC(=O)/C=C/c1cc2cc(C)cc(OC)c2oc1=O. The highest BCUT2D eigenvalue weighted by molar-refractivity contribution is 5.89. The molecule has 0 saturated carbocycles. The molecule has 1 aromatic heterocycles. The maximum absolute atomic E-state index is 11.9. The van der Waals surface area contributed by atoms with Gasteiger partial charge in [0.25, 0.3) is 0 Å². The molecule has 5 nitrogen and oxygen atoms in total. The molecular weight excluding hydrogens is 272 g/mol. The molecule has 0 bridgehead atoms. The Hall–Kier alpha value is -2.56. The summed E-state index contributed by atoms with van der Waals surface area (Å²) in [6, 6.07) is 5.33. The summed E-state index contributed by atoms with van der Waals surface area (Å²) in [5, 5.41) is 0.731. The molecule has 110 valence electrons. The van der Waals surface area contributed by atoms with E-state index < -0.39 is 11.6 Å². The maximum atomic E-state index is 11.9. The van der Waals surface area contributed by atoms with Crippen LogP contribution in [-0.4, -0.2) is 19.7 Å². The van der Waals surface area contributed by atoms with Crippen LogP contribution in [0.1, 0.15) is 18.1 Å². The molecule has 0 spiro atoms. The fourth-order valence-corrected chi connectivity index (χ4v) is 1.98. The number of aryl methyl sites for hydroxylation is 1. The van der Waals surface area contributed by atoms with Crippen molar-refractivity contribution in [2.45, 2.75) is 13.8 Å². The van der Waals surface area contributed by atoms with E-state index in [1.807, 2.05) is 13.0 Å². The minimum absolute atomic E-state index is 0.281. The number of benzene rings is 1. The van der Waals surface area contributed by atoms with Crippen LogP contribution in [0.3, 0.4) is 0 Å². The van der Waals surface area contributed by atoms with Gasteiger partial charge in [-0.2, -0.15) is 0 Å². The van der Waals surface area contributed by atoms with Gasteiger partial charge in [-0.25, -0.2) is 9.59 Å². The number of methoxy groups -OCH3 is 1. The molecule has 0 radical (unpaired) electrons. The normalized spacial score (nSPS) is 11.0. The average molecular weight is 288 g/mol. The van der Waals surface area contributed by atoms with E-state index in [4.69, 9.17) is 13.9 Å². The standard InChI is InChI=1S/C16H16O5/c1-4-20-14(17)6-5-11-9-12-7-10(2)8-13(19-3)15(12)21-16(11)18/h5-9H,4H2,1-3H3/b6-5+. The Morgan fingerprint density at radius 1 is 1.33 bits per heavy atom. The molecule has 2 aromatic rings. The monoisotopic (exact) mass is 288 g/mol. The zero-order chi connectivity index (χ0) is 15.4. The minimum atomic E-state index is -0.537. The van der Waals surface area contributed by atoms with E-state index in [2.05, 4.69) is 0 Å². The van der Waals surface area contributed by atoms with Crippen molar-refractivity contribution in [1.82, 2.24) is 0 Å². The topological polar surface area (TPSA) is 65.7 Å². The summed E-state index contributed by atoms with van der Waals surface area (Å²) in [6.07, 6.45) is 2.59. The van der Waals surface area contributed by atoms with Gasteiger partial charge in [0.05, 0.1) is 19.3 Å². The molecule has 21 heavy (non-hydrogen) atoms. The first-order valence-electron chi connectivity index (χ1n) is 6.52. The number of ether oxygens (including phenoxy) is 2. The van der Waals surface area contributed by atoms with E-state index >= 15 is 0 Å². The first-order valence-corrected chi connectivity index (χ1v) is 6.52. The van der Waals surface area contributed by atoms with Crippen molar-refractivity contribution in [3.05, 3.63) is 45.8 Å². The van der Waals surface area contributed by atoms with Crippen molar-refractivity contribution >= 4 is 23.0 Å². The summed E-state index contributed by atoms with van der Waals surface area (Å²) in [5.41, 5.74) is 1.11. The second-order valence-corrected chi connectivity index (χ2v) is 4.46. The van der Waals surface area contributed by atoms with Crippen molar-refractivity contribution in [2.75, 3.05) is 13.7 Å². The summed E-state index contributed by atoms with van der Waals surface area (Å²) >= 11 is 0. The Bertz CT molecular complexity index is 755. The molecule has 0 amide bonds.